The number of fused-ring (bicyclic) bond motifs is 1. The van der Waals surface area contributed by atoms with Gasteiger partial charge in [0.25, 0.3) is 0 Å². The average Bonchev–Trinajstić information content (AvgIpc) is 3.34. The standard InChI is InChI=1S/C32H43N5O4/c1-32(2,3)41-31(40)34-27(20-23-21-33-26-17-11-10-15-24(23)26)30(39)37-18-12-16-25(29(38)36(6)35(4)5)28(37)19-22-13-8-7-9-14-22/h7-11,13-15,17,21,25,27-28,33H,12,16,18-20H2,1-6H3,(H,34,40)/t25?,27-,28?/m1/s1. The summed E-state index contributed by atoms with van der Waals surface area (Å²) in [7, 11) is 5.42. The minimum Gasteiger partial charge on any atom is -0.444 e. The van der Waals surface area contributed by atoms with Crippen LogP contribution < -0.4 is 5.32 Å². The molecule has 2 heterocycles. The van der Waals surface area contributed by atoms with Crippen molar-refractivity contribution >= 4 is 28.8 Å². The van der Waals surface area contributed by atoms with Crippen molar-refractivity contribution in [3.8, 4) is 0 Å². The van der Waals surface area contributed by atoms with E-state index in [1.54, 1.807) is 37.8 Å². The number of H-pyrrole nitrogens is 1. The Kier molecular flexibility index (Phi) is 9.38. The lowest BCUT2D eigenvalue weighted by molar-refractivity contribution is -0.153. The molecule has 2 aromatic carbocycles. The third-order valence-electron chi connectivity index (χ3n) is 7.67. The van der Waals surface area contributed by atoms with Crippen molar-refractivity contribution in [2.75, 3.05) is 27.7 Å². The van der Waals surface area contributed by atoms with E-state index in [1.165, 1.54) is 0 Å². The van der Waals surface area contributed by atoms with E-state index < -0.39 is 17.7 Å². The SMILES string of the molecule is CN(C)N(C)C(=O)C1CCCN(C(=O)[C@@H](Cc2c[nH]c3ccccc23)NC(=O)OC(C)(C)C)C1Cc1ccccc1. The molecule has 2 unspecified atom stereocenters. The number of amides is 3. The van der Waals surface area contributed by atoms with Crippen LogP contribution in [0.3, 0.4) is 0 Å². The first-order valence-electron chi connectivity index (χ1n) is 14.3. The molecular weight excluding hydrogens is 518 g/mol. The van der Waals surface area contributed by atoms with Crippen molar-refractivity contribution in [3.63, 3.8) is 0 Å². The fourth-order valence-electron chi connectivity index (χ4n) is 5.53. The number of hydrazine groups is 1. The number of ether oxygens (including phenoxy) is 1. The van der Waals surface area contributed by atoms with Gasteiger partial charge < -0.3 is 19.9 Å². The average molecular weight is 562 g/mol. The van der Waals surface area contributed by atoms with Gasteiger partial charge in [-0.15, -0.1) is 0 Å². The lowest BCUT2D eigenvalue weighted by Crippen LogP contribution is -2.60. The third kappa shape index (κ3) is 7.47. The lowest BCUT2D eigenvalue weighted by atomic mass is 9.83. The van der Waals surface area contributed by atoms with Gasteiger partial charge in [0.15, 0.2) is 0 Å². The zero-order chi connectivity index (χ0) is 29.7. The number of aromatic nitrogens is 1. The molecule has 3 aromatic rings. The summed E-state index contributed by atoms with van der Waals surface area (Å²) in [6.45, 7) is 5.88. The van der Waals surface area contributed by atoms with Crippen LogP contribution in [0.4, 0.5) is 4.79 Å². The van der Waals surface area contributed by atoms with E-state index >= 15 is 0 Å². The van der Waals surface area contributed by atoms with Gasteiger partial charge in [0.1, 0.15) is 11.6 Å². The molecule has 0 aliphatic carbocycles. The van der Waals surface area contributed by atoms with Crippen LogP contribution in [0.2, 0.25) is 0 Å². The maximum Gasteiger partial charge on any atom is 0.408 e. The summed E-state index contributed by atoms with van der Waals surface area (Å²) in [5.41, 5.74) is 2.22. The summed E-state index contributed by atoms with van der Waals surface area (Å²) >= 11 is 0. The molecule has 41 heavy (non-hydrogen) atoms. The molecule has 1 aromatic heterocycles. The van der Waals surface area contributed by atoms with Crippen LogP contribution in [0.1, 0.15) is 44.7 Å². The second-order valence-electron chi connectivity index (χ2n) is 12.0. The molecule has 0 spiro atoms. The molecule has 220 valence electrons. The van der Waals surface area contributed by atoms with Gasteiger partial charge in [0, 0.05) is 57.3 Å². The number of nitrogens with one attached hydrogen (secondary N) is 2. The Morgan fingerprint density at radius 1 is 1.05 bits per heavy atom. The van der Waals surface area contributed by atoms with Gasteiger partial charge in [-0.05, 0) is 57.2 Å². The Bertz CT molecular complexity index is 1350. The first kappa shape index (κ1) is 30.1. The predicted molar refractivity (Wildman–Crippen MR) is 160 cm³/mol. The highest BCUT2D eigenvalue weighted by Crippen LogP contribution is 2.30. The summed E-state index contributed by atoms with van der Waals surface area (Å²) in [5.74, 6) is -0.621. The Hall–Kier alpha value is -3.85. The van der Waals surface area contributed by atoms with Crippen molar-refractivity contribution < 1.29 is 19.1 Å². The zero-order valence-corrected chi connectivity index (χ0v) is 25.0. The van der Waals surface area contributed by atoms with Gasteiger partial charge in [-0.1, -0.05) is 48.5 Å². The quantitative estimate of drug-likeness (QED) is 0.398. The fourth-order valence-corrected chi connectivity index (χ4v) is 5.53. The molecule has 2 N–H and O–H groups in total. The van der Waals surface area contributed by atoms with Gasteiger partial charge >= 0.3 is 6.09 Å². The molecule has 0 bridgehead atoms. The summed E-state index contributed by atoms with van der Waals surface area (Å²) < 4.78 is 5.56. The Morgan fingerprint density at radius 3 is 2.41 bits per heavy atom. The third-order valence-corrected chi connectivity index (χ3v) is 7.67. The van der Waals surface area contributed by atoms with E-state index in [9.17, 15) is 14.4 Å². The van der Waals surface area contributed by atoms with Gasteiger partial charge in [-0.2, -0.15) is 0 Å². The second kappa shape index (κ2) is 12.8. The summed E-state index contributed by atoms with van der Waals surface area (Å²) in [4.78, 5) is 46.2. The van der Waals surface area contributed by atoms with Crippen LogP contribution in [0.5, 0.6) is 0 Å². The van der Waals surface area contributed by atoms with Crippen LogP contribution in [-0.2, 0) is 27.2 Å². The fraction of sp³-hybridized carbons (Fsp3) is 0.469. The van der Waals surface area contributed by atoms with Crippen LogP contribution in [0.25, 0.3) is 10.9 Å². The number of hydrogen-bond donors (Lipinski definition) is 2. The molecule has 1 fully saturated rings. The Labute approximate surface area is 242 Å². The number of para-hydroxylation sites is 1. The largest absolute Gasteiger partial charge is 0.444 e. The molecule has 1 aliphatic rings. The van der Waals surface area contributed by atoms with Gasteiger partial charge in [-0.25, -0.2) is 9.80 Å². The molecule has 0 saturated carbocycles. The number of carbonyl (C=O) groups excluding carboxylic acids is 3. The number of aromatic amines is 1. The number of piperidine rings is 1. The molecule has 0 radical (unpaired) electrons. The van der Waals surface area contributed by atoms with Gasteiger partial charge in [0.05, 0.1) is 5.92 Å². The number of likely N-dealkylation sites (tertiary alicyclic amines) is 1. The minimum atomic E-state index is -0.872. The van der Waals surface area contributed by atoms with Crippen LogP contribution in [0.15, 0.2) is 60.8 Å². The molecule has 4 rings (SSSR count). The van der Waals surface area contributed by atoms with E-state index in [1.807, 2.05) is 79.8 Å². The summed E-state index contributed by atoms with van der Waals surface area (Å²) in [6.07, 6.45) is 3.44. The smallest absolute Gasteiger partial charge is 0.408 e. The number of benzene rings is 2. The predicted octanol–water partition coefficient (Wildman–Crippen LogP) is 4.39. The van der Waals surface area contributed by atoms with Crippen molar-refractivity contribution in [1.29, 1.82) is 0 Å². The van der Waals surface area contributed by atoms with E-state index in [0.29, 0.717) is 25.8 Å². The van der Waals surface area contributed by atoms with Gasteiger partial charge in [-0.3, -0.25) is 14.6 Å². The minimum absolute atomic E-state index is 0.0262. The van der Waals surface area contributed by atoms with E-state index in [-0.39, 0.29) is 30.2 Å². The number of rotatable bonds is 8. The van der Waals surface area contributed by atoms with Crippen molar-refractivity contribution in [2.24, 2.45) is 5.92 Å². The van der Waals surface area contributed by atoms with Crippen LogP contribution in [0, 0.1) is 5.92 Å². The molecule has 3 atom stereocenters. The zero-order valence-electron chi connectivity index (χ0n) is 25.0. The maximum absolute atomic E-state index is 14.4. The molecule has 1 aliphatic heterocycles. The number of nitrogens with zero attached hydrogens (tertiary/aromatic N) is 3. The monoisotopic (exact) mass is 561 g/mol. The first-order valence-corrected chi connectivity index (χ1v) is 14.3. The molecule has 1 saturated heterocycles. The highest BCUT2D eigenvalue weighted by Gasteiger charge is 2.42. The number of alkyl carbamates (subject to hydrolysis) is 1. The number of carbonyl (C=O) groups is 3. The Balaban J connectivity index is 1.69. The molecule has 9 nitrogen and oxygen atoms in total. The van der Waals surface area contributed by atoms with E-state index in [4.69, 9.17) is 4.74 Å². The Morgan fingerprint density at radius 2 is 1.73 bits per heavy atom. The first-order chi connectivity index (χ1) is 19.4. The van der Waals surface area contributed by atoms with Crippen LogP contribution in [-0.4, -0.2) is 83.2 Å². The van der Waals surface area contributed by atoms with Crippen LogP contribution >= 0.6 is 0 Å². The molecular formula is C32H43N5O4. The van der Waals surface area contributed by atoms with E-state index in [0.717, 1.165) is 22.0 Å². The van der Waals surface area contributed by atoms with Crippen molar-refractivity contribution in [2.45, 2.75) is 64.1 Å². The van der Waals surface area contributed by atoms with E-state index in [2.05, 4.69) is 10.3 Å². The van der Waals surface area contributed by atoms with Gasteiger partial charge in [0.2, 0.25) is 11.8 Å². The molecule has 3 amide bonds. The highest BCUT2D eigenvalue weighted by atomic mass is 16.6. The highest BCUT2D eigenvalue weighted by molar-refractivity contribution is 5.89. The second-order valence-corrected chi connectivity index (χ2v) is 12.0. The molecule has 9 heteroatoms. The summed E-state index contributed by atoms with van der Waals surface area (Å²) in [6, 6.07) is 16.6. The normalized spacial score (nSPS) is 18.3. The lowest BCUT2D eigenvalue weighted by Gasteiger charge is -2.44. The van der Waals surface area contributed by atoms with Crippen molar-refractivity contribution in [3.05, 3.63) is 71.9 Å². The topological polar surface area (TPSA) is 98.0 Å². The summed E-state index contributed by atoms with van der Waals surface area (Å²) in [5, 5.41) is 7.24. The number of hydrogen-bond acceptors (Lipinski definition) is 5. The van der Waals surface area contributed by atoms with Crippen molar-refractivity contribution in [1.82, 2.24) is 25.2 Å². The maximum atomic E-state index is 14.4.